The van der Waals surface area contributed by atoms with E-state index >= 15 is 0 Å². The van der Waals surface area contributed by atoms with Crippen LogP contribution in [0, 0.1) is 0 Å². The number of nitrogens with zero attached hydrogens (tertiary/aromatic N) is 2. The van der Waals surface area contributed by atoms with Crippen LogP contribution in [0.4, 0.5) is 0 Å². The maximum Gasteiger partial charge on any atom is 0.0231 e. The number of benzene rings is 1. The van der Waals surface area contributed by atoms with Crippen molar-refractivity contribution in [2.75, 3.05) is 33.7 Å². The van der Waals surface area contributed by atoms with Crippen molar-refractivity contribution < 1.29 is 0 Å². The van der Waals surface area contributed by atoms with Crippen molar-refractivity contribution in [2.24, 2.45) is 5.73 Å². The van der Waals surface area contributed by atoms with Crippen LogP contribution >= 0.6 is 0 Å². The summed E-state index contributed by atoms with van der Waals surface area (Å²) >= 11 is 0. The van der Waals surface area contributed by atoms with Gasteiger partial charge in [-0.3, -0.25) is 0 Å². The van der Waals surface area contributed by atoms with Crippen LogP contribution in [0.1, 0.15) is 36.8 Å². The third kappa shape index (κ3) is 4.05. The van der Waals surface area contributed by atoms with Gasteiger partial charge in [-0.1, -0.05) is 31.2 Å². The molecule has 1 aromatic rings. The molecule has 1 aliphatic heterocycles. The average Bonchev–Trinajstić information content (AvgIpc) is 2.84. The summed E-state index contributed by atoms with van der Waals surface area (Å²) in [5.74, 6) is 0.453. The highest BCUT2D eigenvalue weighted by Gasteiger charge is 2.21. The first-order valence-electron chi connectivity index (χ1n) is 7.78. The molecule has 2 unspecified atom stereocenters. The standard InChI is InChI=1S/C17H29N3/c1-14(11-18)16-8-6-15(7-9-16)12-19(2)13-17-5-4-10-20(17)3/h6-9,14,17H,4-5,10-13,18H2,1-3H3. The zero-order valence-electron chi connectivity index (χ0n) is 13.2. The molecule has 0 spiro atoms. The highest BCUT2D eigenvalue weighted by Crippen LogP contribution is 2.18. The fraction of sp³-hybridized carbons (Fsp3) is 0.647. The molecule has 1 saturated heterocycles. The number of rotatable bonds is 6. The molecule has 2 N–H and O–H groups in total. The summed E-state index contributed by atoms with van der Waals surface area (Å²) in [4.78, 5) is 4.93. The van der Waals surface area contributed by atoms with Gasteiger partial charge < -0.3 is 15.5 Å². The van der Waals surface area contributed by atoms with Crippen molar-refractivity contribution in [1.82, 2.24) is 9.80 Å². The molecule has 0 radical (unpaired) electrons. The Labute approximate surface area is 123 Å². The smallest absolute Gasteiger partial charge is 0.0231 e. The summed E-state index contributed by atoms with van der Waals surface area (Å²) < 4.78 is 0. The Morgan fingerprint density at radius 2 is 2.05 bits per heavy atom. The van der Waals surface area contributed by atoms with Crippen LogP contribution < -0.4 is 5.73 Å². The summed E-state index contributed by atoms with van der Waals surface area (Å²) in [5, 5.41) is 0. The zero-order chi connectivity index (χ0) is 14.5. The predicted molar refractivity (Wildman–Crippen MR) is 85.9 cm³/mol. The Bertz CT molecular complexity index is 401. The van der Waals surface area contributed by atoms with Gasteiger partial charge >= 0.3 is 0 Å². The van der Waals surface area contributed by atoms with E-state index in [1.807, 2.05) is 0 Å². The summed E-state index contributed by atoms with van der Waals surface area (Å²) in [6.45, 7) is 6.34. The fourth-order valence-corrected chi connectivity index (χ4v) is 3.03. The second kappa shape index (κ2) is 7.21. The molecule has 0 amide bonds. The lowest BCUT2D eigenvalue weighted by Crippen LogP contribution is -2.36. The Balaban J connectivity index is 1.86. The topological polar surface area (TPSA) is 32.5 Å². The first-order valence-corrected chi connectivity index (χ1v) is 7.78. The summed E-state index contributed by atoms with van der Waals surface area (Å²) in [6, 6.07) is 9.67. The minimum absolute atomic E-state index is 0.453. The lowest BCUT2D eigenvalue weighted by molar-refractivity contribution is 0.215. The first-order chi connectivity index (χ1) is 9.60. The maximum absolute atomic E-state index is 5.71. The van der Waals surface area contributed by atoms with E-state index in [1.54, 1.807) is 0 Å². The van der Waals surface area contributed by atoms with Crippen LogP contribution in [-0.4, -0.2) is 49.6 Å². The third-order valence-electron chi connectivity index (χ3n) is 4.55. The van der Waals surface area contributed by atoms with Crippen molar-refractivity contribution in [3.8, 4) is 0 Å². The van der Waals surface area contributed by atoms with Gasteiger partial charge in [-0.25, -0.2) is 0 Å². The second-order valence-corrected chi connectivity index (χ2v) is 6.35. The van der Waals surface area contributed by atoms with Crippen LogP contribution in [-0.2, 0) is 6.54 Å². The molecule has 1 fully saturated rings. The molecule has 1 aliphatic rings. The second-order valence-electron chi connectivity index (χ2n) is 6.35. The van der Waals surface area contributed by atoms with Crippen LogP contribution in [0.2, 0.25) is 0 Å². The van der Waals surface area contributed by atoms with Crippen molar-refractivity contribution >= 4 is 0 Å². The van der Waals surface area contributed by atoms with Crippen LogP contribution in [0.25, 0.3) is 0 Å². The lowest BCUT2D eigenvalue weighted by Gasteiger charge is -2.25. The summed E-state index contributed by atoms with van der Waals surface area (Å²) in [5.41, 5.74) is 8.45. The van der Waals surface area contributed by atoms with E-state index in [-0.39, 0.29) is 0 Å². The minimum atomic E-state index is 0.453. The molecule has 112 valence electrons. The highest BCUT2D eigenvalue weighted by molar-refractivity contribution is 5.25. The molecule has 3 nitrogen and oxygen atoms in total. The molecule has 0 bridgehead atoms. The molecule has 3 heteroatoms. The molecular weight excluding hydrogens is 246 g/mol. The Hall–Kier alpha value is -0.900. The lowest BCUT2D eigenvalue weighted by atomic mass is 10.00. The molecule has 0 aliphatic carbocycles. The number of hydrogen-bond acceptors (Lipinski definition) is 3. The van der Waals surface area contributed by atoms with Crippen molar-refractivity contribution in [1.29, 1.82) is 0 Å². The highest BCUT2D eigenvalue weighted by atomic mass is 15.2. The van der Waals surface area contributed by atoms with E-state index in [4.69, 9.17) is 5.73 Å². The number of nitrogens with two attached hydrogens (primary N) is 1. The first kappa shape index (κ1) is 15.5. The Morgan fingerprint density at radius 1 is 1.35 bits per heavy atom. The predicted octanol–water partition coefficient (Wildman–Crippen LogP) is 2.27. The molecule has 2 rings (SSSR count). The molecule has 20 heavy (non-hydrogen) atoms. The molecule has 1 heterocycles. The SMILES string of the molecule is CC(CN)c1ccc(CN(C)CC2CCCN2C)cc1. The van der Waals surface area contributed by atoms with E-state index < -0.39 is 0 Å². The summed E-state index contributed by atoms with van der Waals surface area (Å²) in [7, 11) is 4.47. The molecule has 1 aromatic carbocycles. The van der Waals surface area contributed by atoms with Gasteiger partial charge in [0.05, 0.1) is 0 Å². The maximum atomic E-state index is 5.71. The van der Waals surface area contributed by atoms with Crippen LogP contribution in [0.15, 0.2) is 24.3 Å². The average molecular weight is 275 g/mol. The van der Waals surface area contributed by atoms with Gasteiger partial charge in [-0.15, -0.1) is 0 Å². The minimum Gasteiger partial charge on any atom is -0.330 e. The fourth-order valence-electron chi connectivity index (χ4n) is 3.03. The quantitative estimate of drug-likeness (QED) is 0.864. The van der Waals surface area contributed by atoms with Crippen molar-refractivity contribution in [3.05, 3.63) is 35.4 Å². The van der Waals surface area contributed by atoms with Gasteiger partial charge in [-0.2, -0.15) is 0 Å². The third-order valence-corrected chi connectivity index (χ3v) is 4.55. The normalized spacial score (nSPS) is 21.6. The largest absolute Gasteiger partial charge is 0.330 e. The van der Waals surface area contributed by atoms with E-state index in [0.29, 0.717) is 12.5 Å². The van der Waals surface area contributed by atoms with Crippen LogP contribution in [0.3, 0.4) is 0 Å². The van der Waals surface area contributed by atoms with E-state index in [1.165, 1.54) is 30.5 Å². The molecule has 0 saturated carbocycles. The Morgan fingerprint density at radius 3 is 2.60 bits per heavy atom. The molecule has 0 aromatic heterocycles. The van der Waals surface area contributed by atoms with Gasteiger partial charge in [-0.05, 0) is 57.1 Å². The van der Waals surface area contributed by atoms with Gasteiger partial charge in [0, 0.05) is 19.1 Å². The van der Waals surface area contributed by atoms with Gasteiger partial charge in [0.2, 0.25) is 0 Å². The van der Waals surface area contributed by atoms with E-state index in [2.05, 4.69) is 55.1 Å². The van der Waals surface area contributed by atoms with Crippen molar-refractivity contribution in [3.63, 3.8) is 0 Å². The van der Waals surface area contributed by atoms with Gasteiger partial charge in [0.1, 0.15) is 0 Å². The number of hydrogen-bond donors (Lipinski definition) is 1. The van der Waals surface area contributed by atoms with Crippen LogP contribution in [0.5, 0.6) is 0 Å². The number of likely N-dealkylation sites (N-methyl/N-ethyl adjacent to an activating group) is 2. The number of likely N-dealkylation sites (tertiary alicyclic amines) is 1. The van der Waals surface area contributed by atoms with E-state index in [9.17, 15) is 0 Å². The van der Waals surface area contributed by atoms with Gasteiger partial charge in [0.15, 0.2) is 0 Å². The summed E-state index contributed by atoms with van der Waals surface area (Å²) in [6.07, 6.45) is 2.69. The molecular formula is C17H29N3. The van der Waals surface area contributed by atoms with Gasteiger partial charge in [0.25, 0.3) is 0 Å². The zero-order valence-corrected chi connectivity index (χ0v) is 13.2. The van der Waals surface area contributed by atoms with E-state index in [0.717, 1.165) is 19.1 Å². The molecule has 2 atom stereocenters. The Kier molecular flexibility index (Phi) is 5.58. The van der Waals surface area contributed by atoms with Crippen molar-refractivity contribution in [2.45, 2.75) is 38.3 Å². The monoisotopic (exact) mass is 275 g/mol.